The average molecular weight is 421 g/mol. The summed E-state index contributed by atoms with van der Waals surface area (Å²) in [5.41, 5.74) is 2.79. The quantitative estimate of drug-likeness (QED) is 0.593. The molecule has 0 bridgehead atoms. The van der Waals surface area contributed by atoms with Crippen LogP contribution in [0.2, 0.25) is 0 Å². The Balaban J connectivity index is 1.28. The van der Waals surface area contributed by atoms with Gasteiger partial charge in [0, 0.05) is 58.4 Å². The second-order valence-electron chi connectivity index (χ2n) is 7.98. The van der Waals surface area contributed by atoms with Crippen LogP contribution in [0.25, 0.3) is 0 Å². The molecule has 1 fully saturated rings. The molecule has 1 N–H and O–H groups in total. The van der Waals surface area contributed by atoms with Crippen molar-refractivity contribution in [1.82, 2.24) is 20.1 Å². The monoisotopic (exact) mass is 420 g/mol. The Morgan fingerprint density at radius 2 is 1.77 bits per heavy atom. The van der Waals surface area contributed by atoms with Crippen molar-refractivity contribution in [3.8, 4) is 0 Å². The maximum absolute atomic E-state index is 12.7. The topological polar surface area (TPSA) is 64.1 Å². The van der Waals surface area contributed by atoms with Gasteiger partial charge in [-0.05, 0) is 36.6 Å². The predicted molar refractivity (Wildman–Crippen MR) is 124 cm³/mol. The average Bonchev–Trinajstić information content (AvgIpc) is 2.84. The number of nitrogens with zero attached hydrogens (tertiary/aromatic N) is 5. The molecule has 0 radical (unpaired) electrons. The van der Waals surface area contributed by atoms with E-state index in [1.54, 1.807) is 0 Å². The standard InChI is InChI=1S/C24H32N6O/c1-2-25-24(30-14-11-20-7-3-4-8-21(20)19-30)27-13-10-23(31)29-17-15-28(16-18-29)22-9-5-6-12-26-22/h3-9,12H,2,10-11,13-19H2,1H3,(H,25,27). The molecule has 0 atom stereocenters. The number of aliphatic imine (C=N–C) groups is 1. The van der Waals surface area contributed by atoms with Crippen LogP contribution in [0.15, 0.2) is 53.7 Å². The van der Waals surface area contributed by atoms with Crippen LogP contribution in [0.1, 0.15) is 24.5 Å². The van der Waals surface area contributed by atoms with Gasteiger partial charge in [-0.1, -0.05) is 30.3 Å². The van der Waals surface area contributed by atoms with Crippen LogP contribution < -0.4 is 10.2 Å². The van der Waals surface area contributed by atoms with E-state index in [2.05, 4.69) is 51.3 Å². The molecule has 4 rings (SSSR count). The van der Waals surface area contributed by atoms with Crippen LogP contribution in [0, 0.1) is 0 Å². The van der Waals surface area contributed by atoms with Crippen molar-refractivity contribution in [2.75, 3.05) is 50.7 Å². The molecule has 1 aromatic carbocycles. The van der Waals surface area contributed by atoms with E-state index in [0.717, 1.165) is 64.0 Å². The van der Waals surface area contributed by atoms with Crippen LogP contribution in [0.4, 0.5) is 5.82 Å². The van der Waals surface area contributed by atoms with Crippen LogP contribution in [0.5, 0.6) is 0 Å². The Kier molecular flexibility index (Phi) is 7.02. The first-order valence-corrected chi connectivity index (χ1v) is 11.3. The van der Waals surface area contributed by atoms with Crippen molar-refractivity contribution in [3.05, 3.63) is 59.8 Å². The van der Waals surface area contributed by atoms with Crippen molar-refractivity contribution >= 4 is 17.7 Å². The zero-order valence-electron chi connectivity index (χ0n) is 18.3. The van der Waals surface area contributed by atoms with Gasteiger partial charge in [0.25, 0.3) is 0 Å². The number of anilines is 1. The second kappa shape index (κ2) is 10.3. The van der Waals surface area contributed by atoms with E-state index in [-0.39, 0.29) is 5.91 Å². The van der Waals surface area contributed by atoms with E-state index in [0.29, 0.717) is 13.0 Å². The number of piperazine rings is 1. The Bertz CT molecular complexity index is 892. The zero-order valence-corrected chi connectivity index (χ0v) is 18.3. The summed E-state index contributed by atoms with van der Waals surface area (Å²) in [4.78, 5) is 28.4. The smallest absolute Gasteiger partial charge is 0.224 e. The zero-order chi connectivity index (χ0) is 21.5. The number of amides is 1. The van der Waals surface area contributed by atoms with E-state index in [1.807, 2.05) is 29.3 Å². The Morgan fingerprint density at radius 3 is 2.52 bits per heavy atom. The number of rotatable bonds is 5. The van der Waals surface area contributed by atoms with E-state index < -0.39 is 0 Å². The molecule has 0 unspecified atom stereocenters. The molecule has 0 spiro atoms. The van der Waals surface area contributed by atoms with Gasteiger partial charge in [-0.3, -0.25) is 9.79 Å². The summed E-state index contributed by atoms with van der Waals surface area (Å²) in [6, 6.07) is 14.6. The fourth-order valence-corrected chi connectivity index (χ4v) is 4.24. The molecule has 2 aliphatic heterocycles. The minimum atomic E-state index is 0.184. The van der Waals surface area contributed by atoms with Crippen LogP contribution >= 0.6 is 0 Å². The molecule has 7 nitrogen and oxygen atoms in total. The predicted octanol–water partition coefficient (Wildman–Crippen LogP) is 2.14. The third-order valence-electron chi connectivity index (χ3n) is 5.96. The molecular formula is C24H32N6O. The van der Waals surface area contributed by atoms with Gasteiger partial charge in [0.05, 0.1) is 6.54 Å². The molecule has 31 heavy (non-hydrogen) atoms. The van der Waals surface area contributed by atoms with Gasteiger partial charge < -0.3 is 20.0 Å². The molecule has 7 heteroatoms. The van der Waals surface area contributed by atoms with E-state index >= 15 is 0 Å². The minimum Gasteiger partial charge on any atom is -0.357 e. The molecule has 0 saturated carbocycles. The Labute approximate surface area is 184 Å². The van der Waals surface area contributed by atoms with Gasteiger partial charge in [0.15, 0.2) is 5.96 Å². The van der Waals surface area contributed by atoms with Gasteiger partial charge in [-0.2, -0.15) is 0 Å². The Hall–Kier alpha value is -3.09. The number of carbonyl (C=O) groups is 1. The van der Waals surface area contributed by atoms with Crippen molar-refractivity contribution in [2.24, 2.45) is 4.99 Å². The summed E-state index contributed by atoms with van der Waals surface area (Å²) in [5, 5.41) is 3.40. The highest BCUT2D eigenvalue weighted by atomic mass is 16.2. The molecule has 1 aromatic heterocycles. The molecular weight excluding hydrogens is 388 g/mol. The van der Waals surface area contributed by atoms with Crippen molar-refractivity contribution in [2.45, 2.75) is 26.3 Å². The lowest BCUT2D eigenvalue weighted by Gasteiger charge is -2.35. The number of nitrogens with one attached hydrogen (secondary N) is 1. The molecule has 1 amide bonds. The first-order chi connectivity index (χ1) is 15.2. The molecule has 164 valence electrons. The number of pyridine rings is 1. The molecule has 3 heterocycles. The minimum absolute atomic E-state index is 0.184. The second-order valence-corrected chi connectivity index (χ2v) is 7.98. The third-order valence-corrected chi connectivity index (χ3v) is 5.96. The molecule has 1 saturated heterocycles. The van der Waals surface area contributed by atoms with Gasteiger partial charge in [0.1, 0.15) is 5.82 Å². The highest BCUT2D eigenvalue weighted by Crippen LogP contribution is 2.18. The summed E-state index contributed by atoms with van der Waals surface area (Å²) >= 11 is 0. The molecule has 2 aromatic rings. The van der Waals surface area contributed by atoms with Gasteiger partial charge >= 0.3 is 0 Å². The van der Waals surface area contributed by atoms with Gasteiger partial charge in [-0.15, -0.1) is 0 Å². The molecule has 2 aliphatic rings. The number of carbonyl (C=O) groups excluding carboxylic acids is 1. The van der Waals surface area contributed by atoms with Crippen molar-refractivity contribution in [3.63, 3.8) is 0 Å². The van der Waals surface area contributed by atoms with E-state index in [1.165, 1.54) is 11.1 Å². The summed E-state index contributed by atoms with van der Waals surface area (Å²) in [7, 11) is 0. The van der Waals surface area contributed by atoms with Crippen LogP contribution in [-0.2, 0) is 17.8 Å². The third kappa shape index (κ3) is 5.34. The van der Waals surface area contributed by atoms with Crippen LogP contribution in [-0.4, -0.2) is 72.5 Å². The highest BCUT2D eigenvalue weighted by Gasteiger charge is 2.22. The number of fused-ring (bicyclic) bond motifs is 1. The number of hydrogen-bond acceptors (Lipinski definition) is 4. The maximum Gasteiger partial charge on any atom is 0.224 e. The lowest BCUT2D eigenvalue weighted by molar-refractivity contribution is -0.131. The molecule has 0 aliphatic carbocycles. The van der Waals surface area contributed by atoms with E-state index in [4.69, 9.17) is 4.99 Å². The van der Waals surface area contributed by atoms with E-state index in [9.17, 15) is 4.79 Å². The normalized spacial score (nSPS) is 16.8. The number of benzene rings is 1. The number of guanidine groups is 1. The lowest BCUT2D eigenvalue weighted by atomic mass is 10.0. The van der Waals surface area contributed by atoms with Crippen LogP contribution in [0.3, 0.4) is 0 Å². The van der Waals surface area contributed by atoms with Gasteiger partial charge in [0.2, 0.25) is 5.91 Å². The maximum atomic E-state index is 12.7. The first kappa shape index (κ1) is 21.2. The largest absolute Gasteiger partial charge is 0.357 e. The van der Waals surface area contributed by atoms with Crippen molar-refractivity contribution in [1.29, 1.82) is 0 Å². The van der Waals surface area contributed by atoms with Crippen molar-refractivity contribution < 1.29 is 4.79 Å². The lowest BCUT2D eigenvalue weighted by Crippen LogP contribution is -2.49. The summed E-state index contributed by atoms with van der Waals surface area (Å²) in [5.74, 6) is 2.08. The summed E-state index contributed by atoms with van der Waals surface area (Å²) < 4.78 is 0. The summed E-state index contributed by atoms with van der Waals surface area (Å²) in [6.45, 7) is 8.35. The fraction of sp³-hybridized carbons (Fsp3) is 0.458. The summed E-state index contributed by atoms with van der Waals surface area (Å²) in [6.07, 6.45) is 3.29. The SMILES string of the molecule is CCNC(=NCCC(=O)N1CCN(c2ccccn2)CC1)N1CCc2ccccc2C1. The first-order valence-electron chi connectivity index (χ1n) is 11.3. The Morgan fingerprint density at radius 1 is 1.00 bits per heavy atom. The highest BCUT2D eigenvalue weighted by molar-refractivity contribution is 5.81. The number of aromatic nitrogens is 1. The number of hydrogen-bond donors (Lipinski definition) is 1. The fourth-order valence-electron chi connectivity index (χ4n) is 4.24. The van der Waals surface area contributed by atoms with Gasteiger partial charge in [-0.25, -0.2) is 4.98 Å².